The summed E-state index contributed by atoms with van der Waals surface area (Å²) >= 11 is 0. The number of aldehydes is 1. The highest BCUT2D eigenvalue weighted by Gasteiger charge is 2.28. The van der Waals surface area contributed by atoms with Crippen LogP contribution in [0.3, 0.4) is 0 Å². The summed E-state index contributed by atoms with van der Waals surface area (Å²) in [7, 11) is -3.27. The number of ether oxygens (including phenoxy) is 3. The first-order valence-electron chi connectivity index (χ1n) is 6.48. The van der Waals surface area contributed by atoms with Gasteiger partial charge in [0.15, 0.2) is 27.6 Å². The molecule has 0 N–H and O–H groups in total. The Kier molecular flexibility index (Phi) is 4.13. The van der Waals surface area contributed by atoms with Crippen LogP contribution in [0, 0.1) is 0 Å². The average molecular weight is 314 g/mol. The molecule has 0 bridgehead atoms. The monoisotopic (exact) mass is 314 g/mol. The fraction of sp³-hybridized carbons (Fsp3) is 0.500. The normalized spacial score (nSPS) is 14.0. The Hall–Kier alpha value is -1.76. The van der Waals surface area contributed by atoms with Crippen molar-refractivity contribution in [3.05, 3.63) is 17.7 Å². The highest BCUT2D eigenvalue weighted by Crippen LogP contribution is 2.37. The lowest BCUT2D eigenvalue weighted by Crippen LogP contribution is -2.32. The van der Waals surface area contributed by atoms with Gasteiger partial charge in [0.25, 0.3) is 0 Å². The molecular formula is C14H18O6S. The zero-order chi connectivity index (χ0) is 15.7. The lowest BCUT2D eigenvalue weighted by molar-refractivity contribution is 0.111. The number of rotatable bonds is 5. The quantitative estimate of drug-likeness (QED) is 0.771. The smallest absolute Gasteiger partial charge is 0.231 e. The molecule has 0 unspecified atom stereocenters. The first-order chi connectivity index (χ1) is 9.74. The van der Waals surface area contributed by atoms with Gasteiger partial charge in [-0.2, -0.15) is 0 Å². The Bertz CT molecular complexity index is 642. The molecule has 0 radical (unpaired) electrons. The van der Waals surface area contributed by atoms with Crippen LogP contribution in [-0.4, -0.2) is 38.6 Å². The van der Waals surface area contributed by atoms with Crippen molar-refractivity contribution < 1.29 is 27.4 Å². The van der Waals surface area contributed by atoms with Gasteiger partial charge in [-0.1, -0.05) is 0 Å². The molecule has 0 fully saturated rings. The minimum atomic E-state index is -3.27. The number of carbonyl (C=O) groups excluding carboxylic acids is 1. The molecule has 1 heterocycles. The summed E-state index contributed by atoms with van der Waals surface area (Å²) in [6.45, 7) is 4.98. The Balaban J connectivity index is 2.09. The van der Waals surface area contributed by atoms with Gasteiger partial charge in [-0.15, -0.1) is 0 Å². The Labute approximate surface area is 123 Å². The standard InChI is InChI=1S/C14H18O6S/c1-14(2,3)21(16,17)5-4-18-11-7-13-12(19-9-20-13)6-10(11)8-15/h6-8H,4-5,9H2,1-3H3. The van der Waals surface area contributed by atoms with Crippen LogP contribution in [0.5, 0.6) is 17.2 Å². The van der Waals surface area contributed by atoms with Crippen molar-refractivity contribution in [2.45, 2.75) is 25.5 Å². The maximum Gasteiger partial charge on any atom is 0.231 e. The van der Waals surface area contributed by atoms with Gasteiger partial charge >= 0.3 is 0 Å². The molecule has 1 aromatic rings. The van der Waals surface area contributed by atoms with Crippen molar-refractivity contribution in [3.8, 4) is 17.2 Å². The second kappa shape index (κ2) is 5.55. The first-order valence-corrected chi connectivity index (χ1v) is 8.14. The van der Waals surface area contributed by atoms with E-state index in [2.05, 4.69) is 0 Å². The van der Waals surface area contributed by atoms with E-state index in [0.29, 0.717) is 29.1 Å². The molecule has 0 aromatic heterocycles. The van der Waals surface area contributed by atoms with E-state index in [9.17, 15) is 13.2 Å². The fourth-order valence-electron chi connectivity index (χ4n) is 1.72. The molecule has 0 saturated carbocycles. The molecule has 7 heteroatoms. The van der Waals surface area contributed by atoms with Crippen LogP contribution in [0.1, 0.15) is 31.1 Å². The van der Waals surface area contributed by atoms with Crippen molar-refractivity contribution in [2.75, 3.05) is 19.2 Å². The Morgan fingerprint density at radius 2 is 1.86 bits per heavy atom. The third-order valence-corrected chi connectivity index (χ3v) is 5.74. The highest BCUT2D eigenvalue weighted by atomic mass is 32.2. The molecule has 116 valence electrons. The summed E-state index contributed by atoms with van der Waals surface area (Å²) in [6.07, 6.45) is 0.634. The lowest BCUT2D eigenvalue weighted by Gasteiger charge is -2.19. The van der Waals surface area contributed by atoms with Crippen LogP contribution in [-0.2, 0) is 9.84 Å². The molecule has 6 nitrogen and oxygen atoms in total. The molecule has 0 saturated heterocycles. The molecule has 2 rings (SSSR count). The van der Waals surface area contributed by atoms with Crippen LogP contribution in [0.4, 0.5) is 0 Å². The second-order valence-electron chi connectivity index (χ2n) is 5.64. The highest BCUT2D eigenvalue weighted by molar-refractivity contribution is 7.92. The summed E-state index contributed by atoms with van der Waals surface area (Å²) < 4.78 is 39.0. The van der Waals surface area contributed by atoms with E-state index in [4.69, 9.17) is 14.2 Å². The summed E-state index contributed by atoms with van der Waals surface area (Å²) in [5.74, 6) is 1.13. The molecule has 0 amide bonds. The van der Waals surface area contributed by atoms with Gasteiger partial charge in [0, 0.05) is 6.07 Å². The second-order valence-corrected chi connectivity index (χ2v) is 8.50. The van der Waals surface area contributed by atoms with Crippen molar-refractivity contribution in [1.82, 2.24) is 0 Å². The van der Waals surface area contributed by atoms with Crippen molar-refractivity contribution in [1.29, 1.82) is 0 Å². The predicted octanol–water partition coefficient (Wildman–Crippen LogP) is 1.82. The third kappa shape index (κ3) is 3.29. The van der Waals surface area contributed by atoms with Crippen molar-refractivity contribution >= 4 is 16.1 Å². The summed E-state index contributed by atoms with van der Waals surface area (Å²) in [5.41, 5.74) is 0.299. The topological polar surface area (TPSA) is 78.9 Å². The van der Waals surface area contributed by atoms with E-state index in [1.54, 1.807) is 20.8 Å². The molecule has 1 aliphatic heterocycles. The summed E-state index contributed by atoms with van der Waals surface area (Å²) in [4.78, 5) is 11.1. The Morgan fingerprint density at radius 1 is 1.24 bits per heavy atom. The SMILES string of the molecule is CC(C)(C)S(=O)(=O)CCOc1cc2c(cc1C=O)OCO2. The maximum atomic E-state index is 12.0. The summed E-state index contributed by atoms with van der Waals surface area (Å²) in [5, 5.41) is 0. The average Bonchev–Trinajstić information content (AvgIpc) is 2.83. The number of hydrogen-bond donors (Lipinski definition) is 0. The molecule has 0 spiro atoms. The number of fused-ring (bicyclic) bond motifs is 1. The number of benzene rings is 1. The first kappa shape index (κ1) is 15.6. The van der Waals surface area contributed by atoms with Crippen molar-refractivity contribution in [3.63, 3.8) is 0 Å². The molecule has 1 aromatic carbocycles. The molecule has 21 heavy (non-hydrogen) atoms. The zero-order valence-electron chi connectivity index (χ0n) is 12.2. The molecule has 0 aliphatic carbocycles. The fourth-order valence-corrected chi connectivity index (χ4v) is 2.64. The molecular weight excluding hydrogens is 296 g/mol. The van der Waals surface area contributed by atoms with Crippen LogP contribution in [0.25, 0.3) is 0 Å². The number of carbonyl (C=O) groups is 1. The van der Waals surface area contributed by atoms with Gasteiger partial charge in [0.1, 0.15) is 12.4 Å². The largest absolute Gasteiger partial charge is 0.492 e. The van der Waals surface area contributed by atoms with Crippen molar-refractivity contribution in [2.24, 2.45) is 0 Å². The minimum Gasteiger partial charge on any atom is -0.492 e. The van der Waals surface area contributed by atoms with Crippen LogP contribution < -0.4 is 14.2 Å². The van der Waals surface area contributed by atoms with E-state index in [1.807, 2.05) is 0 Å². The Morgan fingerprint density at radius 3 is 2.43 bits per heavy atom. The predicted molar refractivity (Wildman–Crippen MR) is 77.0 cm³/mol. The van der Waals surface area contributed by atoms with Crippen LogP contribution in [0.15, 0.2) is 12.1 Å². The number of sulfone groups is 1. The van der Waals surface area contributed by atoms with E-state index in [0.717, 1.165) is 0 Å². The van der Waals surface area contributed by atoms with Gasteiger partial charge in [-0.3, -0.25) is 4.79 Å². The van der Waals surface area contributed by atoms with E-state index in [-0.39, 0.29) is 19.2 Å². The van der Waals surface area contributed by atoms with E-state index in [1.165, 1.54) is 12.1 Å². The lowest BCUT2D eigenvalue weighted by atomic mass is 10.2. The van der Waals surface area contributed by atoms with Gasteiger partial charge in [-0.25, -0.2) is 8.42 Å². The molecule has 1 aliphatic rings. The van der Waals surface area contributed by atoms with Crippen LogP contribution >= 0.6 is 0 Å². The van der Waals surface area contributed by atoms with E-state index < -0.39 is 14.6 Å². The minimum absolute atomic E-state index is 0.0277. The van der Waals surface area contributed by atoms with Crippen LogP contribution in [0.2, 0.25) is 0 Å². The van der Waals surface area contributed by atoms with Gasteiger partial charge in [-0.05, 0) is 26.8 Å². The van der Waals surface area contributed by atoms with E-state index >= 15 is 0 Å². The maximum absolute atomic E-state index is 12.0. The number of hydrogen-bond acceptors (Lipinski definition) is 6. The summed E-state index contributed by atoms with van der Waals surface area (Å²) in [6, 6.07) is 3.05. The molecule has 0 atom stereocenters. The third-order valence-electron chi connectivity index (χ3n) is 3.17. The van der Waals surface area contributed by atoms with Gasteiger partial charge in [0.2, 0.25) is 6.79 Å². The zero-order valence-corrected chi connectivity index (χ0v) is 13.0. The van der Waals surface area contributed by atoms with Gasteiger partial charge in [0.05, 0.1) is 16.1 Å². The van der Waals surface area contributed by atoms with Gasteiger partial charge < -0.3 is 14.2 Å².